The average molecular weight is 731 g/mol. The molecule has 0 N–H and O–H groups in total. The van der Waals surface area contributed by atoms with Crippen LogP contribution < -0.4 is 4.90 Å². The SMILES string of the molecule is c1ccc(-c2cccc(N(c3ccc(-c4ccc5ccccc5c4)cc3)c3cccc(-c4cccc5c4oc4ccc6oc(-c7ccccc7)nc6c45)c3)c2)cc1. The highest BCUT2D eigenvalue weighted by Crippen LogP contribution is 2.43. The number of furan rings is 1. The summed E-state index contributed by atoms with van der Waals surface area (Å²) in [4.78, 5) is 7.31. The predicted octanol–water partition coefficient (Wildman–Crippen LogP) is 15.0. The Hall–Kier alpha value is -7.69. The maximum absolute atomic E-state index is 6.68. The number of anilines is 3. The van der Waals surface area contributed by atoms with E-state index in [1.165, 1.54) is 27.5 Å². The molecule has 0 amide bonds. The van der Waals surface area contributed by atoms with Gasteiger partial charge in [0.1, 0.15) is 16.7 Å². The van der Waals surface area contributed by atoms with Gasteiger partial charge in [0.05, 0.1) is 5.39 Å². The van der Waals surface area contributed by atoms with Crippen molar-refractivity contribution >= 4 is 60.9 Å². The Morgan fingerprint density at radius 1 is 0.368 bits per heavy atom. The molecule has 268 valence electrons. The van der Waals surface area contributed by atoms with Crippen LogP contribution in [0.15, 0.2) is 215 Å². The maximum atomic E-state index is 6.68. The molecule has 0 aliphatic carbocycles. The Morgan fingerprint density at radius 3 is 1.75 bits per heavy atom. The lowest BCUT2D eigenvalue weighted by Gasteiger charge is -2.27. The van der Waals surface area contributed by atoms with Crippen LogP contribution in [0.1, 0.15) is 0 Å². The van der Waals surface area contributed by atoms with Crippen LogP contribution in [-0.2, 0) is 0 Å². The quantitative estimate of drug-likeness (QED) is 0.164. The predicted molar refractivity (Wildman–Crippen MR) is 235 cm³/mol. The van der Waals surface area contributed by atoms with Gasteiger partial charge in [0.2, 0.25) is 5.89 Å². The number of aromatic nitrogens is 1. The molecule has 11 rings (SSSR count). The van der Waals surface area contributed by atoms with Crippen molar-refractivity contribution < 1.29 is 8.83 Å². The zero-order valence-corrected chi connectivity index (χ0v) is 30.8. The van der Waals surface area contributed by atoms with E-state index in [0.29, 0.717) is 5.89 Å². The highest BCUT2D eigenvalue weighted by Gasteiger charge is 2.20. The molecule has 0 atom stereocenters. The van der Waals surface area contributed by atoms with E-state index in [0.717, 1.165) is 72.4 Å². The summed E-state index contributed by atoms with van der Waals surface area (Å²) in [6.07, 6.45) is 0. The Balaban J connectivity index is 1.03. The van der Waals surface area contributed by atoms with Gasteiger partial charge >= 0.3 is 0 Å². The van der Waals surface area contributed by atoms with Gasteiger partial charge in [-0.3, -0.25) is 0 Å². The Labute approximate surface area is 329 Å². The maximum Gasteiger partial charge on any atom is 0.227 e. The molecule has 0 bridgehead atoms. The van der Waals surface area contributed by atoms with E-state index in [1.54, 1.807) is 0 Å². The molecule has 0 saturated carbocycles. The molecule has 4 heteroatoms. The highest BCUT2D eigenvalue weighted by atomic mass is 16.4. The number of hydrogen-bond donors (Lipinski definition) is 0. The first kappa shape index (κ1) is 32.7. The monoisotopic (exact) mass is 730 g/mol. The van der Waals surface area contributed by atoms with Crippen molar-refractivity contribution in [1.29, 1.82) is 0 Å². The molecule has 0 saturated heterocycles. The molecule has 0 unspecified atom stereocenters. The molecule has 0 aliphatic rings. The third kappa shape index (κ3) is 5.83. The van der Waals surface area contributed by atoms with Gasteiger partial charge in [0.25, 0.3) is 0 Å². The standard InChI is InChI=1S/C53H34N2O2/c1-3-12-35(13-4-1)40-18-9-20-44(33-40)55(43-28-26-37(27-29-43)41-25-24-36-14-7-8-17-39(36)32-41)45-21-10-19-42(34-45)46-22-11-23-47-50-48(56-52(46)47)30-31-49-51(50)54-53(57-49)38-15-5-2-6-16-38/h1-34H. The first-order chi connectivity index (χ1) is 28.2. The van der Waals surface area contributed by atoms with Crippen LogP contribution in [0.25, 0.3) is 88.6 Å². The molecule has 4 nitrogen and oxygen atoms in total. The number of oxazole rings is 1. The van der Waals surface area contributed by atoms with Gasteiger partial charge in [0, 0.05) is 33.6 Å². The number of hydrogen-bond acceptors (Lipinski definition) is 4. The van der Waals surface area contributed by atoms with E-state index >= 15 is 0 Å². The van der Waals surface area contributed by atoms with E-state index in [1.807, 2.05) is 42.5 Å². The van der Waals surface area contributed by atoms with E-state index in [2.05, 4.69) is 169 Å². The highest BCUT2D eigenvalue weighted by molar-refractivity contribution is 6.19. The van der Waals surface area contributed by atoms with E-state index < -0.39 is 0 Å². The van der Waals surface area contributed by atoms with E-state index in [-0.39, 0.29) is 0 Å². The van der Waals surface area contributed by atoms with Gasteiger partial charge < -0.3 is 13.7 Å². The summed E-state index contributed by atoms with van der Waals surface area (Å²) in [6.45, 7) is 0. The number of fused-ring (bicyclic) bond motifs is 6. The van der Waals surface area contributed by atoms with Crippen molar-refractivity contribution in [3.63, 3.8) is 0 Å². The van der Waals surface area contributed by atoms with Crippen LogP contribution in [0.2, 0.25) is 0 Å². The fourth-order valence-corrected chi connectivity index (χ4v) is 8.09. The lowest BCUT2D eigenvalue weighted by Crippen LogP contribution is -2.10. The minimum absolute atomic E-state index is 0.595. The largest absolute Gasteiger partial charge is 0.455 e. The average Bonchev–Trinajstić information content (AvgIpc) is 3.90. The second-order valence-electron chi connectivity index (χ2n) is 14.4. The molecule has 9 aromatic carbocycles. The van der Waals surface area contributed by atoms with Crippen LogP contribution in [0, 0.1) is 0 Å². The zero-order valence-electron chi connectivity index (χ0n) is 30.8. The van der Waals surface area contributed by atoms with E-state index in [9.17, 15) is 0 Å². The van der Waals surface area contributed by atoms with Crippen molar-refractivity contribution in [2.75, 3.05) is 4.90 Å². The second kappa shape index (κ2) is 13.6. The molecule has 0 aliphatic heterocycles. The fourth-order valence-electron chi connectivity index (χ4n) is 8.09. The van der Waals surface area contributed by atoms with Gasteiger partial charge in [-0.05, 0) is 105 Å². The molecule has 0 spiro atoms. The van der Waals surface area contributed by atoms with E-state index in [4.69, 9.17) is 13.8 Å². The van der Waals surface area contributed by atoms with Crippen molar-refractivity contribution in [2.45, 2.75) is 0 Å². The summed E-state index contributed by atoms with van der Waals surface area (Å²) in [6, 6.07) is 72.4. The molecule has 2 aromatic heterocycles. The van der Waals surface area contributed by atoms with Gasteiger partial charge in [-0.2, -0.15) is 0 Å². The third-order valence-electron chi connectivity index (χ3n) is 10.9. The molecular weight excluding hydrogens is 697 g/mol. The summed E-state index contributed by atoms with van der Waals surface area (Å²) < 4.78 is 12.9. The smallest absolute Gasteiger partial charge is 0.227 e. The van der Waals surface area contributed by atoms with Gasteiger partial charge in [-0.25, -0.2) is 4.98 Å². The molecule has 11 aromatic rings. The Bertz CT molecular complexity index is 3240. The first-order valence-electron chi connectivity index (χ1n) is 19.2. The number of nitrogens with zero attached hydrogens (tertiary/aromatic N) is 2. The summed E-state index contributed by atoms with van der Waals surface area (Å²) in [5.41, 5.74) is 14.0. The van der Waals surface area contributed by atoms with Crippen molar-refractivity contribution in [3.8, 4) is 44.8 Å². The minimum Gasteiger partial charge on any atom is -0.455 e. The molecule has 57 heavy (non-hydrogen) atoms. The van der Waals surface area contributed by atoms with Gasteiger partial charge in [-0.15, -0.1) is 0 Å². The minimum atomic E-state index is 0.595. The van der Waals surface area contributed by atoms with Crippen LogP contribution >= 0.6 is 0 Å². The fraction of sp³-hybridized carbons (Fsp3) is 0. The Morgan fingerprint density at radius 2 is 0.965 bits per heavy atom. The topological polar surface area (TPSA) is 42.4 Å². The second-order valence-corrected chi connectivity index (χ2v) is 14.4. The van der Waals surface area contributed by atoms with Crippen LogP contribution in [-0.4, -0.2) is 4.98 Å². The lowest BCUT2D eigenvalue weighted by molar-refractivity contribution is 0.619. The summed E-state index contributed by atoms with van der Waals surface area (Å²) >= 11 is 0. The van der Waals surface area contributed by atoms with Crippen LogP contribution in [0.5, 0.6) is 0 Å². The number of para-hydroxylation sites is 1. The normalized spacial score (nSPS) is 11.5. The molecule has 0 fully saturated rings. The molecular formula is C53H34N2O2. The van der Waals surface area contributed by atoms with Crippen molar-refractivity contribution in [3.05, 3.63) is 206 Å². The number of rotatable bonds is 7. The van der Waals surface area contributed by atoms with Crippen LogP contribution in [0.4, 0.5) is 17.1 Å². The summed E-state index contributed by atoms with van der Waals surface area (Å²) in [5.74, 6) is 0.595. The van der Waals surface area contributed by atoms with Crippen LogP contribution in [0.3, 0.4) is 0 Å². The van der Waals surface area contributed by atoms with Crippen molar-refractivity contribution in [1.82, 2.24) is 4.98 Å². The molecule has 2 heterocycles. The third-order valence-corrected chi connectivity index (χ3v) is 10.9. The van der Waals surface area contributed by atoms with Gasteiger partial charge in [0.15, 0.2) is 5.58 Å². The number of benzene rings is 9. The zero-order chi connectivity index (χ0) is 37.7. The summed E-state index contributed by atoms with van der Waals surface area (Å²) in [7, 11) is 0. The Kier molecular flexibility index (Phi) is 7.78. The van der Waals surface area contributed by atoms with Crippen molar-refractivity contribution in [2.24, 2.45) is 0 Å². The lowest BCUT2D eigenvalue weighted by atomic mass is 9.99. The summed E-state index contributed by atoms with van der Waals surface area (Å²) in [5, 5.41) is 4.43. The first-order valence-corrected chi connectivity index (χ1v) is 19.2. The molecule has 0 radical (unpaired) electrons. The van der Waals surface area contributed by atoms with Gasteiger partial charge in [-0.1, -0.05) is 140 Å².